The molecule has 1 aromatic carbocycles. The Morgan fingerprint density at radius 3 is 2.46 bits per heavy atom. The van der Waals surface area contributed by atoms with E-state index < -0.39 is 10.0 Å². The number of nitrogens with one attached hydrogen (secondary N) is 1. The van der Waals surface area contributed by atoms with E-state index in [2.05, 4.69) is 5.32 Å². The number of rotatable bonds is 6. The Morgan fingerprint density at radius 2 is 1.88 bits per heavy atom. The van der Waals surface area contributed by atoms with Gasteiger partial charge in [-0.25, -0.2) is 8.42 Å². The molecule has 134 valence electrons. The number of thiocarbonyl (C=S) groups is 1. The summed E-state index contributed by atoms with van der Waals surface area (Å²) in [7, 11) is -1.82. The molecule has 0 aromatic heterocycles. The Morgan fingerprint density at radius 1 is 1.25 bits per heavy atom. The molecule has 0 atom stereocenters. The number of methoxy groups -OCH3 is 1. The zero-order valence-electron chi connectivity index (χ0n) is 13.6. The Hall–Kier alpha value is -0.930. The molecule has 0 saturated carbocycles. The van der Waals surface area contributed by atoms with Crippen LogP contribution in [0.1, 0.15) is 6.42 Å². The highest BCUT2D eigenvalue weighted by Crippen LogP contribution is 2.19. The summed E-state index contributed by atoms with van der Waals surface area (Å²) in [5, 5.41) is 4.35. The van der Waals surface area contributed by atoms with Crippen molar-refractivity contribution < 1.29 is 13.2 Å². The lowest BCUT2D eigenvalue weighted by atomic mass is 10.4. The van der Waals surface area contributed by atoms with Crippen LogP contribution in [0.25, 0.3) is 0 Å². The van der Waals surface area contributed by atoms with Gasteiger partial charge in [0.1, 0.15) is 0 Å². The molecule has 1 aromatic rings. The summed E-state index contributed by atoms with van der Waals surface area (Å²) < 4.78 is 31.7. The highest BCUT2D eigenvalue weighted by molar-refractivity contribution is 7.89. The number of halogens is 1. The Labute approximate surface area is 153 Å². The highest BCUT2D eigenvalue weighted by Gasteiger charge is 2.29. The van der Waals surface area contributed by atoms with Crippen molar-refractivity contribution in [3.8, 4) is 0 Å². The molecule has 0 radical (unpaired) electrons. The van der Waals surface area contributed by atoms with Crippen LogP contribution in [0.4, 0.5) is 0 Å². The van der Waals surface area contributed by atoms with Gasteiger partial charge in [0.05, 0.1) is 4.90 Å². The van der Waals surface area contributed by atoms with E-state index in [1.807, 2.05) is 4.90 Å². The third-order valence-corrected chi connectivity index (χ3v) is 6.35. The van der Waals surface area contributed by atoms with Crippen molar-refractivity contribution in [2.24, 2.45) is 0 Å². The summed E-state index contributed by atoms with van der Waals surface area (Å²) >= 11 is 11.2. The standard InChI is InChI=1S/C15H22ClN3O3S2/c1-22-12-2-7-17-15(23)18-8-10-19(11-9-18)24(20,21)14-5-3-13(16)4-6-14/h3-6H,2,7-12H2,1H3,(H,17,23). The molecular formula is C15H22ClN3O3S2. The summed E-state index contributed by atoms with van der Waals surface area (Å²) in [6, 6.07) is 6.24. The second-order valence-electron chi connectivity index (χ2n) is 5.42. The third kappa shape index (κ3) is 5.03. The lowest BCUT2D eigenvalue weighted by molar-refractivity contribution is 0.195. The van der Waals surface area contributed by atoms with Gasteiger partial charge in [-0.1, -0.05) is 11.6 Å². The van der Waals surface area contributed by atoms with Gasteiger partial charge in [0.2, 0.25) is 10.0 Å². The van der Waals surface area contributed by atoms with Gasteiger partial charge in [0.15, 0.2) is 5.11 Å². The van der Waals surface area contributed by atoms with Crippen LogP contribution in [-0.2, 0) is 14.8 Å². The van der Waals surface area contributed by atoms with E-state index in [4.69, 9.17) is 28.6 Å². The lowest BCUT2D eigenvalue weighted by Gasteiger charge is -2.35. The number of benzene rings is 1. The van der Waals surface area contributed by atoms with Crippen molar-refractivity contribution in [3.63, 3.8) is 0 Å². The van der Waals surface area contributed by atoms with Gasteiger partial charge in [-0.3, -0.25) is 0 Å². The number of nitrogens with zero attached hydrogens (tertiary/aromatic N) is 2. The summed E-state index contributed by atoms with van der Waals surface area (Å²) in [5.74, 6) is 0. The maximum absolute atomic E-state index is 12.6. The molecule has 1 saturated heterocycles. The Balaban J connectivity index is 1.87. The van der Waals surface area contributed by atoms with Gasteiger partial charge < -0.3 is 15.0 Å². The highest BCUT2D eigenvalue weighted by atomic mass is 35.5. The van der Waals surface area contributed by atoms with Gasteiger partial charge in [-0.05, 0) is 42.9 Å². The van der Waals surface area contributed by atoms with Crippen LogP contribution in [0.2, 0.25) is 5.02 Å². The first-order chi connectivity index (χ1) is 11.4. The molecule has 1 N–H and O–H groups in total. The third-order valence-electron chi connectivity index (χ3n) is 3.78. The second kappa shape index (κ2) is 8.96. The molecule has 0 aliphatic carbocycles. The molecule has 1 aliphatic heterocycles. The first-order valence-electron chi connectivity index (χ1n) is 7.72. The zero-order chi connectivity index (χ0) is 17.6. The van der Waals surface area contributed by atoms with Crippen molar-refractivity contribution in [1.29, 1.82) is 0 Å². The molecule has 9 heteroatoms. The number of hydrogen-bond acceptors (Lipinski definition) is 4. The molecule has 1 fully saturated rings. The molecule has 0 amide bonds. The molecule has 6 nitrogen and oxygen atoms in total. The minimum Gasteiger partial charge on any atom is -0.385 e. The smallest absolute Gasteiger partial charge is 0.243 e. The van der Waals surface area contributed by atoms with Crippen LogP contribution in [0, 0.1) is 0 Å². The van der Waals surface area contributed by atoms with E-state index in [9.17, 15) is 8.42 Å². The maximum atomic E-state index is 12.6. The fourth-order valence-electron chi connectivity index (χ4n) is 2.41. The van der Waals surface area contributed by atoms with E-state index in [0.717, 1.165) is 13.0 Å². The van der Waals surface area contributed by atoms with Crippen LogP contribution < -0.4 is 5.32 Å². The zero-order valence-corrected chi connectivity index (χ0v) is 16.0. The van der Waals surface area contributed by atoms with Crippen molar-refractivity contribution in [3.05, 3.63) is 29.3 Å². The summed E-state index contributed by atoms with van der Waals surface area (Å²) in [4.78, 5) is 2.26. The topological polar surface area (TPSA) is 61.9 Å². The summed E-state index contributed by atoms with van der Waals surface area (Å²) in [5.41, 5.74) is 0. The number of sulfonamides is 1. The predicted molar refractivity (Wildman–Crippen MR) is 98.9 cm³/mol. The van der Waals surface area contributed by atoms with Crippen LogP contribution in [-0.4, -0.2) is 69.2 Å². The second-order valence-corrected chi connectivity index (χ2v) is 8.18. The van der Waals surface area contributed by atoms with E-state index in [1.54, 1.807) is 19.2 Å². The molecule has 1 heterocycles. The Kier molecular flexibility index (Phi) is 7.24. The first kappa shape index (κ1) is 19.4. The van der Waals surface area contributed by atoms with E-state index in [0.29, 0.717) is 42.9 Å². The number of piperazine rings is 1. The van der Waals surface area contributed by atoms with E-state index in [1.165, 1.54) is 16.4 Å². The van der Waals surface area contributed by atoms with Gasteiger partial charge in [0, 0.05) is 51.5 Å². The van der Waals surface area contributed by atoms with Gasteiger partial charge in [-0.15, -0.1) is 0 Å². The Bertz CT molecular complexity index is 644. The molecule has 1 aliphatic rings. The van der Waals surface area contributed by atoms with Crippen molar-refractivity contribution in [2.75, 3.05) is 46.4 Å². The van der Waals surface area contributed by atoms with Crippen LogP contribution in [0.5, 0.6) is 0 Å². The van der Waals surface area contributed by atoms with Crippen molar-refractivity contribution in [2.45, 2.75) is 11.3 Å². The average molecular weight is 392 g/mol. The predicted octanol–water partition coefficient (Wildman–Crippen LogP) is 1.56. The molecule has 0 spiro atoms. The van der Waals surface area contributed by atoms with Crippen molar-refractivity contribution >= 4 is 39.0 Å². The fourth-order valence-corrected chi connectivity index (χ4v) is 4.24. The fraction of sp³-hybridized carbons (Fsp3) is 0.533. The molecular weight excluding hydrogens is 370 g/mol. The van der Waals surface area contributed by atoms with Crippen LogP contribution in [0.15, 0.2) is 29.2 Å². The molecule has 0 unspecified atom stereocenters. The number of ether oxygens (including phenoxy) is 1. The SMILES string of the molecule is COCCCNC(=S)N1CCN(S(=O)(=O)c2ccc(Cl)cc2)CC1. The maximum Gasteiger partial charge on any atom is 0.243 e. The van der Waals surface area contributed by atoms with Crippen molar-refractivity contribution in [1.82, 2.24) is 14.5 Å². The van der Waals surface area contributed by atoms with Gasteiger partial charge in [-0.2, -0.15) is 4.31 Å². The van der Waals surface area contributed by atoms with Gasteiger partial charge >= 0.3 is 0 Å². The minimum atomic E-state index is -3.48. The molecule has 24 heavy (non-hydrogen) atoms. The largest absolute Gasteiger partial charge is 0.385 e. The van der Waals surface area contributed by atoms with E-state index >= 15 is 0 Å². The van der Waals surface area contributed by atoms with Crippen LogP contribution >= 0.6 is 23.8 Å². The average Bonchev–Trinajstić information content (AvgIpc) is 2.59. The van der Waals surface area contributed by atoms with Crippen LogP contribution in [0.3, 0.4) is 0 Å². The monoisotopic (exact) mass is 391 g/mol. The molecule has 2 rings (SSSR count). The first-order valence-corrected chi connectivity index (χ1v) is 9.95. The lowest BCUT2D eigenvalue weighted by Crippen LogP contribution is -2.53. The van der Waals surface area contributed by atoms with Gasteiger partial charge in [0.25, 0.3) is 0 Å². The minimum absolute atomic E-state index is 0.264. The summed E-state index contributed by atoms with van der Waals surface area (Å²) in [6.07, 6.45) is 0.877. The normalized spacial score (nSPS) is 16.2. The summed E-state index contributed by atoms with van der Waals surface area (Å²) in [6.45, 7) is 3.39. The number of hydrogen-bond donors (Lipinski definition) is 1. The quantitative estimate of drug-likeness (QED) is 0.586. The van der Waals surface area contributed by atoms with E-state index in [-0.39, 0.29) is 4.90 Å². The molecule has 0 bridgehead atoms.